The van der Waals surface area contributed by atoms with Gasteiger partial charge < -0.3 is 14.2 Å². The van der Waals surface area contributed by atoms with E-state index in [2.05, 4.69) is 46.0 Å². The van der Waals surface area contributed by atoms with E-state index < -0.39 is 0 Å². The van der Waals surface area contributed by atoms with Crippen LogP contribution >= 0.6 is 0 Å². The molecule has 0 saturated carbocycles. The Morgan fingerprint density at radius 3 is 2.00 bits per heavy atom. The highest BCUT2D eigenvalue weighted by Gasteiger charge is 2.32. The summed E-state index contributed by atoms with van der Waals surface area (Å²) in [5.41, 5.74) is 8.46. The summed E-state index contributed by atoms with van der Waals surface area (Å²) in [7, 11) is 0. The molecule has 1 fully saturated rings. The van der Waals surface area contributed by atoms with Crippen molar-refractivity contribution in [2.75, 3.05) is 13.2 Å². The van der Waals surface area contributed by atoms with Crippen molar-refractivity contribution in [3.63, 3.8) is 0 Å². The van der Waals surface area contributed by atoms with Crippen LogP contribution in [0.5, 0.6) is 5.75 Å². The number of ether oxygens (including phenoxy) is 1. The van der Waals surface area contributed by atoms with E-state index in [1.807, 2.05) is 30.2 Å². The number of aromatic nitrogens is 1. The molecule has 6 aromatic rings. The fraction of sp³-hybridized carbons (Fsp3) is 0.220. The van der Waals surface area contributed by atoms with Gasteiger partial charge in [0.15, 0.2) is 0 Å². The zero-order valence-electron chi connectivity index (χ0n) is 26.8. The molecule has 2 aliphatic heterocycles. The molecule has 0 spiro atoms. The quantitative estimate of drug-likeness (QED) is 0.156. The van der Waals surface area contributed by atoms with Crippen molar-refractivity contribution in [3.8, 4) is 28.0 Å². The molecule has 1 atom stereocenters. The van der Waals surface area contributed by atoms with Crippen molar-refractivity contribution in [1.29, 1.82) is 0 Å². The highest BCUT2D eigenvalue weighted by Crippen LogP contribution is 2.37. The molecule has 1 saturated heterocycles. The third-order valence-corrected chi connectivity index (χ3v) is 9.72. The van der Waals surface area contributed by atoms with Crippen LogP contribution in [0.1, 0.15) is 41.6 Å². The van der Waals surface area contributed by atoms with Gasteiger partial charge in [-0.25, -0.2) is 8.78 Å². The first-order valence-electron chi connectivity index (χ1n) is 16.6. The number of carbonyl (C=O) groups is 1. The van der Waals surface area contributed by atoms with Gasteiger partial charge >= 0.3 is 0 Å². The number of fused-ring (bicyclic) bond motifs is 5. The summed E-state index contributed by atoms with van der Waals surface area (Å²) in [6, 6.07) is 29.9. The van der Waals surface area contributed by atoms with Gasteiger partial charge in [0.2, 0.25) is 0 Å². The molecule has 0 bridgehead atoms. The number of aliphatic imine (C=N–C) groups is 1. The number of amides is 1. The maximum Gasteiger partial charge on any atom is 0.256 e. The monoisotopic (exact) mass is 639 g/mol. The average Bonchev–Trinajstić information content (AvgIpc) is 3.67. The summed E-state index contributed by atoms with van der Waals surface area (Å²) in [6.07, 6.45) is 5.63. The summed E-state index contributed by atoms with van der Waals surface area (Å²) in [5, 5.41) is 2.23. The maximum atomic E-state index is 13.7. The van der Waals surface area contributed by atoms with E-state index in [0.717, 1.165) is 94.1 Å². The molecule has 0 N–H and O–H groups in total. The molecule has 48 heavy (non-hydrogen) atoms. The summed E-state index contributed by atoms with van der Waals surface area (Å²) in [5.74, 6) is 0.302. The summed E-state index contributed by atoms with van der Waals surface area (Å²) < 4.78 is 35.9. The largest absolute Gasteiger partial charge is 0.493 e. The number of benzene rings is 5. The Hall–Kier alpha value is -5.30. The van der Waals surface area contributed by atoms with E-state index in [4.69, 9.17) is 4.74 Å². The Bertz CT molecular complexity index is 2100. The van der Waals surface area contributed by atoms with Crippen LogP contribution in [-0.2, 0) is 6.54 Å². The van der Waals surface area contributed by atoms with Gasteiger partial charge in [-0.05, 0) is 115 Å². The highest BCUT2D eigenvalue weighted by atomic mass is 19.1. The van der Waals surface area contributed by atoms with Crippen LogP contribution < -0.4 is 4.74 Å². The van der Waals surface area contributed by atoms with Gasteiger partial charge in [0.1, 0.15) is 17.4 Å². The lowest BCUT2D eigenvalue weighted by molar-refractivity contribution is 0.0774. The van der Waals surface area contributed by atoms with E-state index >= 15 is 0 Å². The standard InChI is InChI=1S/C41H35F2N3O2/c1-26-21-36-37(44-25-33-5-4-19-45(33)41(36)47)24-40(26)48-20-3-2-18-46-38-16-10-29(27-6-12-31(42)13-7-27)22-34(38)35-23-30(11-17-39(35)46)28-8-14-32(43)15-9-28/h6-17,21-25,33H,2-5,18-20H2,1H3/t33-/m0/s1. The molecule has 7 heteroatoms. The number of nitrogens with zero attached hydrogens (tertiary/aromatic N) is 3. The van der Waals surface area contributed by atoms with Crippen molar-refractivity contribution >= 4 is 39.6 Å². The zero-order chi connectivity index (χ0) is 32.8. The lowest BCUT2D eigenvalue weighted by Crippen LogP contribution is -2.35. The first-order valence-corrected chi connectivity index (χ1v) is 16.6. The number of unbranched alkanes of at least 4 members (excludes halogenated alkanes) is 1. The second-order valence-corrected chi connectivity index (χ2v) is 12.8. The van der Waals surface area contributed by atoms with E-state index in [9.17, 15) is 13.6 Å². The van der Waals surface area contributed by atoms with Gasteiger partial charge in [0.05, 0.1) is 23.9 Å². The number of hydrogen-bond donors (Lipinski definition) is 0. The predicted molar refractivity (Wildman–Crippen MR) is 188 cm³/mol. The van der Waals surface area contributed by atoms with Crippen LogP contribution in [0.25, 0.3) is 44.1 Å². The minimum atomic E-state index is -0.259. The SMILES string of the molecule is Cc1cc2c(cc1OCCCCn1c3ccc(-c4ccc(F)cc4)cc3c3cc(-c4ccc(F)cc4)ccc31)N=C[C@@H]1CCCN1C2=O. The van der Waals surface area contributed by atoms with Crippen molar-refractivity contribution in [3.05, 3.63) is 120 Å². The number of aryl methyl sites for hydroxylation is 2. The van der Waals surface area contributed by atoms with Gasteiger partial charge in [0.25, 0.3) is 5.91 Å². The number of halogens is 2. The number of hydrogen-bond acceptors (Lipinski definition) is 3. The zero-order valence-corrected chi connectivity index (χ0v) is 26.8. The van der Waals surface area contributed by atoms with E-state index in [-0.39, 0.29) is 23.6 Å². The van der Waals surface area contributed by atoms with Gasteiger partial charge in [0, 0.05) is 47.2 Å². The maximum absolute atomic E-state index is 13.7. The summed E-state index contributed by atoms with van der Waals surface area (Å²) >= 11 is 0. The second kappa shape index (κ2) is 12.4. The first kappa shape index (κ1) is 30.1. The fourth-order valence-corrected chi connectivity index (χ4v) is 7.17. The van der Waals surface area contributed by atoms with Crippen molar-refractivity contribution in [1.82, 2.24) is 9.47 Å². The Morgan fingerprint density at radius 2 is 1.38 bits per heavy atom. The molecular formula is C41H35F2N3O2. The minimum absolute atomic E-state index is 0.0559. The molecule has 0 aliphatic carbocycles. The molecule has 0 unspecified atom stereocenters. The molecule has 5 nitrogen and oxygen atoms in total. The van der Waals surface area contributed by atoms with Crippen LogP contribution in [0, 0.1) is 18.6 Å². The van der Waals surface area contributed by atoms with Gasteiger partial charge in [-0.15, -0.1) is 0 Å². The molecule has 2 aliphatic rings. The van der Waals surface area contributed by atoms with Crippen molar-refractivity contribution in [2.24, 2.45) is 4.99 Å². The Labute approximate surface area is 278 Å². The lowest BCUT2D eigenvalue weighted by Gasteiger charge is -2.20. The topological polar surface area (TPSA) is 46.8 Å². The Kier molecular flexibility index (Phi) is 7.75. The van der Waals surface area contributed by atoms with Gasteiger partial charge in [-0.3, -0.25) is 9.79 Å². The summed E-state index contributed by atoms with van der Waals surface area (Å²) in [4.78, 5) is 19.8. The van der Waals surface area contributed by atoms with Crippen LogP contribution in [-0.4, -0.2) is 40.8 Å². The fourth-order valence-electron chi connectivity index (χ4n) is 7.17. The highest BCUT2D eigenvalue weighted by molar-refractivity contribution is 6.10. The van der Waals surface area contributed by atoms with Gasteiger partial charge in [-0.1, -0.05) is 36.4 Å². The Morgan fingerprint density at radius 1 is 0.771 bits per heavy atom. The van der Waals surface area contributed by atoms with Crippen LogP contribution in [0.2, 0.25) is 0 Å². The number of rotatable bonds is 8. The lowest BCUT2D eigenvalue weighted by atomic mass is 10.0. The normalized spacial score (nSPS) is 15.6. The average molecular weight is 640 g/mol. The van der Waals surface area contributed by atoms with E-state index in [1.54, 1.807) is 24.3 Å². The molecule has 8 rings (SSSR count). The van der Waals surface area contributed by atoms with Crippen LogP contribution in [0.3, 0.4) is 0 Å². The van der Waals surface area contributed by atoms with Crippen LogP contribution in [0.15, 0.2) is 102 Å². The Balaban J connectivity index is 1.04. The molecule has 0 radical (unpaired) electrons. The second-order valence-electron chi connectivity index (χ2n) is 12.8. The van der Waals surface area contributed by atoms with Crippen molar-refractivity contribution < 1.29 is 18.3 Å². The van der Waals surface area contributed by atoms with E-state index in [1.165, 1.54) is 24.3 Å². The molecule has 5 aromatic carbocycles. The first-order chi connectivity index (χ1) is 23.4. The van der Waals surface area contributed by atoms with Gasteiger partial charge in [-0.2, -0.15) is 0 Å². The third kappa shape index (κ3) is 5.53. The molecule has 240 valence electrons. The predicted octanol–water partition coefficient (Wildman–Crippen LogP) is 9.89. The molecule has 3 heterocycles. The van der Waals surface area contributed by atoms with Crippen LogP contribution in [0.4, 0.5) is 14.5 Å². The molecular weight excluding hydrogens is 604 g/mol. The third-order valence-electron chi connectivity index (χ3n) is 9.72. The minimum Gasteiger partial charge on any atom is -0.493 e. The van der Waals surface area contributed by atoms with Crippen molar-refractivity contribution in [2.45, 2.75) is 45.2 Å². The molecule has 1 aromatic heterocycles. The molecule has 1 amide bonds. The summed E-state index contributed by atoms with van der Waals surface area (Å²) in [6.45, 7) is 4.11. The van der Waals surface area contributed by atoms with E-state index in [0.29, 0.717) is 17.9 Å². The number of carbonyl (C=O) groups excluding carboxylic acids is 1. The smallest absolute Gasteiger partial charge is 0.256 e.